The molecule has 0 spiro atoms. The molecule has 3 aromatic rings. The number of thioether (sulfide) groups is 1. The van der Waals surface area contributed by atoms with Gasteiger partial charge in [0.15, 0.2) is 16.1 Å². The van der Waals surface area contributed by atoms with Gasteiger partial charge in [-0.25, -0.2) is 4.98 Å². The Morgan fingerprint density at radius 2 is 1.92 bits per heavy atom. The normalized spacial score (nSPS) is 11.3. The topological polar surface area (TPSA) is 102 Å². The van der Waals surface area contributed by atoms with Gasteiger partial charge in [0.2, 0.25) is 5.91 Å². The molecule has 2 aromatic heterocycles. The van der Waals surface area contributed by atoms with E-state index in [0.717, 1.165) is 17.1 Å². The van der Waals surface area contributed by atoms with Gasteiger partial charge < -0.3 is 15.0 Å². The molecule has 3 rings (SSSR count). The summed E-state index contributed by atoms with van der Waals surface area (Å²) >= 11 is 2.42. The number of nitrogens with one attached hydrogen (secondary N) is 1. The summed E-state index contributed by atoms with van der Waals surface area (Å²) in [7, 11) is 3.36. The van der Waals surface area contributed by atoms with Crippen LogP contribution in [0, 0.1) is 6.92 Å². The van der Waals surface area contributed by atoms with E-state index >= 15 is 0 Å². The number of carbonyl (C=O) groups excluding carboxylic acids is 2. The first-order chi connectivity index (χ1) is 17.0. The number of thiazole rings is 1. The summed E-state index contributed by atoms with van der Waals surface area (Å²) in [5.74, 6) is 1.11. The fraction of sp³-hybridized carbons (Fsp3) is 0.400. The molecule has 0 saturated heterocycles. The highest BCUT2D eigenvalue weighted by Gasteiger charge is 2.19. The third-order valence-corrected chi connectivity index (χ3v) is 7.20. The van der Waals surface area contributed by atoms with E-state index in [-0.39, 0.29) is 29.6 Å². The SMILES string of the molecule is C=CCn1c(COc2ccc(C(C)(C)C)cc2)nnc1SCC(=O)Nc1nc(C)c(C(=O)N(C)C)s1. The standard InChI is InChI=1S/C25H32N6O3S2/c1-8-13-31-19(14-34-18-11-9-17(10-12-18)25(3,4)5)28-29-24(31)35-15-20(32)27-23-26-16(2)21(36-23)22(33)30(6)7/h8-12H,1,13-15H2,2-7H3,(H,26,27,32). The minimum atomic E-state index is -0.248. The van der Waals surface area contributed by atoms with Gasteiger partial charge in [-0.15, -0.1) is 16.8 Å². The lowest BCUT2D eigenvalue weighted by molar-refractivity contribution is -0.113. The van der Waals surface area contributed by atoms with Crippen LogP contribution in [0.1, 0.15) is 47.5 Å². The van der Waals surface area contributed by atoms with E-state index in [1.54, 1.807) is 27.1 Å². The van der Waals surface area contributed by atoms with Gasteiger partial charge in [0.05, 0.1) is 11.4 Å². The van der Waals surface area contributed by atoms with Crippen LogP contribution in [-0.2, 0) is 23.4 Å². The van der Waals surface area contributed by atoms with E-state index in [4.69, 9.17) is 4.74 Å². The number of allylic oxidation sites excluding steroid dienone is 1. The summed E-state index contributed by atoms with van der Waals surface area (Å²) in [6.07, 6.45) is 1.75. The Balaban J connectivity index is 1.60. The van der Waals surface area contributed by atoms with Crippen LogP contribution in [0.2, 0.25) is 0 Å². The molecule has 36 heavy (non-hydrogen) atoms. The Bertz CT molecular complexity index is 1230. The van der Waals surface area contributed by atoms with Crippen LogP contribution in [0.5, 0.6) is 5.75 Å². The molecule has 0 unspecified atom stereocenters. The highest BCUT2D eigenvalue weighted by molar-refractivity contribution is 7.99. The summed E-state index contributed by atoms with van der Waals surface area (Å²) in [5.41, 5.74) is 1.89. The number of benzene rings is 1. The van der Waals surface area contributed by atoms with Crippen LogP contribution >= 0.6 is 23.1 Å². The zero-order chi connectivity index (χ0) is 26.5. The molecule has 0 bridgehead atoms. The zero-order valence-electron chi connectivity index (χ0n) is 21.5. The van der Waals surface area contributed by atoms with Crippen molar-refractivity contribution < 1.29 is 14.3 Å². The van der Waals surface area contributed by atoms with Gasteiger partial charge in [0.25, 0.3) is 5.91 Å². The lowest BCUT2D eigenvalue weighted by atomic mass is 9.87. The molecular weight excluding hydrogens is 496 g/mol. The molecule has 0 aliphatic rings. The number of amides is 2. The molecule has 1 N–H and O–H groups in total. The van der Waals surface area contributed by atoms with Gasteiger partial charge in [0.1, 0.15) is 17.2 Å². The number of anilines is 1. The maximum Gasteiger partial charge on any atom is 0.265 e. The summed E-state index contributed by atoms with van der Waals surface area (Å²) in [6.45, 7) is 12.8. The second kappa shape index (κ2) is 11.7. The van der Waals surface area contributed by atoms with Crippen molar-refractivity contribution in [2.75, 3.05) is 25.2 Å². The first kappa shape index (κ1) is 27.4. The smallest absolute Gasteiger partial charge is 0.265 e. The molecule has 192 valence electrons. The Morgan fingerprint density at radius 1 is 1.22 bits per heavy atom. The Kier molecular flexibility index (Phi) is 8.91. The summed E-state index contributed by atoms with van der Waals surface area (Å²) in [5, 5.41) is 12.2. The van der Waals surface area contributed by atoms with Crippen LogP contribution < -0.4 is 10.1 Å². The molecular formula is C25H32N6O3S2. The number of nitrogens with zero attached hydrogens (tertiary/aromatic N) is 5. The number of aromatic nitrogens is 4. The number of aryl methyl sites for hydroxylation is 1. The molecule has 0 atom stereocenters. The van der Waals surface area contributed by atoms with Gasteiger partial charge in [0, 0.05) is 20.6 Å². The Labute approximate surface area is 220 Å². The Hall–Kier alpha value is -3.18. The molecule has 0 aliphatic heterocycles. The Morgan fingerprint density at radius 3 is 2.53 bits per heavy atom. The lowest BCUT2D eigenvalue weighted by Crippen LogP contribution is -2.21. The second-order valence-corrected chi connectivity index (χ2v) is 11.3. The third-order valence-electron chi connectivity index (χ3n) is 5.17. The van der Waals surface area contributed by atoms with E-state index < -0.39 is 0 Å². The van der Waals surface area contributed by atoms with E-state index in [1.807, 2.05) is 16.7 Å². The first-order valence-corrected chi connectivity index (χ1v) is 13.2. The number of rotatable bonds is 10. The molecule has 0 fully saturated rings. The molecule has 0 saturated carbocycles. The van der Waals surface area contributed by atoms with Crippen molar-refractivity contribution in [3.05, 3.63) is 58.9 Å². The molecule has 0 radical (unpaired) electrons. The number of carbonyl (C=O) groups is 2. The van der Waals surface area contributed by atoms with Crippen LogP contribution in [0.15, 0.2) is 42.1 Å². The third kappa shape index (κ3) is 6.94. The van der Waals surface area contributed by atoms with Crippen LogP contribution in [0.25, 0.3) is 0 Å². The van der Waals surface area contributed by atoms with Crippen molar-refractivity contribution in [3.63, 3.8) is 0 Å². The van der Waals surface area contributed by atoms with Crippen molar-refractivity contribution in [1.29, 1.82) is 0 Å². The van der Waals surface area contributed by atoms with Gasteiger partial charge in [-0.1, -0.05) is 62.1 Å². The number of ether oxygens (including phenoxy) is 1. The van der Waals surface area contributed by atoms with Gasteiger partial charge in [-0.3, -0.25) is 14.2 Å². The van der Waals surface area contributed by atoms with Crippen molar-refractivity contribution in [1.82, 2.24) is 24.6 Å². The van der Waals surface area contributed by atoms with E-state index in [9.17, 15) is 9.59 Å². The van der Waals surface area contributed by atoms with E-state index in [2.05, 4.69) is 60.0 Å². The summed E-state index contributed by atoms with van der Waals surface area (Å²) in [4.78, 5) is 31.0. The van der Waals surface area contributed by atoms with E-state index in [1.165, 1.54) is 22.2 Å². The molecule has 9 nitrogen and oxygen atoms in total. The number of hydrogen-bond donors (Lipinski definition) is 1. The maximum atomic E-state index is 12.5. The summed E-state index contributed by atoms with van der Waals surface area (Å²) < 4.78 is 7.80. The predicted molar refractivity (Wildman–Crippen MR) is 144 cm³/mol. The van der Waals surface area contributed by atoms with Crippen molar-refractivity contribution in [3.8, 4) is 5.75 Å². The quantitative estimate of drug-likeness (QED) is 0.304. The fourth-order valence-electron chi connectivity index (χ4n) is 3.18. The number of hydrogen-bond acceptors (Lipinski definition) is 8. The minimum Gasteiger partial charge on any atom is -0.486 e. The molecule has 1 aromatic carbocycles. The first-order valence-electron chi connectivity index (χ1n) is 11.4. The molecule has 2 heterocycles. The second-order valence-electron chi connectivity index (χ2n) is 9.33. The van der Waals surface area contributed by atoms with Gasteiger partial charge >= 0.3 is 0 Å². The lowest BCUT2D eigenvalue weighted by Gasteiger charge is -2.19. The minimum absolute atomic E-state index is 0.0748. The monoisotopic (exact) mass is 528 g/mol. The fourth-order valence-corrected chi connectivity index (χ4v) is 4.95. The van der Waals surface area contributed by atoms with Crippen molar-refractivity contribution >= 4 is 40.0 Å². The van der Waals surface area contributed by atoms with Crippen LogP contribution in [0.3, 0.4) is 0 Å². The van der Waals surface area contributed by atoms with E-state index in [0.29, 0.717) is 33.2 Å². The zero-order valence-corrected chi connectivity index (χ0v) is 23.1. The molecule has 0 aliphatic carbocycles. The molecule has 2 amide bonds. The summed E-state index contributed by atoms with van der Waals surface area (Å²) in [6, 6.07) is 8.03. The average molecular weight is 529 g/mol. The van der Waals surface area contributed by atoms with Crippen molar-refractivity contribution in [2.45, 2.75) is 51.4 Å². The van der Waals surface area contributed by atoms with Crippen LogP contribution in [-0.4, -0.2) is 56.3 Å². The predicted octanol–water partition coefficient (Wildman–Crippen LogP) is 4.54. The highest BCUT2D eigenvalue weighted by Crippen LogP contribution is 2.26. The van der Waals surface area contributed by atoms with Gasteiger partial charge in [-0.05, 0) is 30.0 Å². The van der Waals surface area contributed by atoms with Crippen molar-refractivity contribution in [2.24, 2.45) is 0 Å². The largest absolute Gasteiger partial charge is 0.486 e. The van der Waals surface area contributed by atoms with Gasteiger partial charge in [-0.2, -0.15) is 0 Å². The van der Waals surface area contributed by atoms with Crippen LogP contribution in [0.4, 0.5) is 5.13 Å². The molecule has 11 heteroatoms. The maximum absolute atomic E-state index is 12.5. The average Bonchev–Trinajstić information content (AvgIpc) is 3.38. The highest BCUT2D eigenvalue weighted by atomic mass is 32.2.